The first kappa shape index (κ1) is 11.8. The van der Waals surface area contributed by atoms with Gasteiger partial charge in [-0.15, -0.1) is 0 Å². The predicted molar refractivity (Wildman–Crippen MR) is 73.2 cm³/mol. The number of benzene rings is 1. The van der Waals surface area contributed by atoms with Crippen molar-refractivity contribution >= 4 is 11.6 Å². The third kappa shape index (κ3) is 2.42. The topological polar surface area (TPSA) is 29.9 Å². The Morgan fingerprint density at radius 1 is 1.44 bits per heavy atom. The van der Waals surface area contributed by atoms with Gasteiger partial charge in [-0.1, -0.05) is 23.7 Å². The van der Waals surface area contributed by atoms with Gasteiger partial charge in [0.15, 0.2) is 0 Å². The molecule has 0 unspecified atom stereocenters. The van der Waals surface area contributed by atoms with Crippen LogP contribution in [0.15, 0.2) is 30.7 Å². The van der Waals surface area contributed by atoms with Crippen LogP contribution in [-0.2, 0) is 6.54 Å². The number of nitrogens with zero attached hydrogens (tertiary/aromatic N) is 2. The molecule has 1 aromatic heterocycles. The molecule has 0 bridgehead atoms. The van der Waals surface area contributed by atoms with Gasteiger partial charge in [0.25, 0.3) is 0 Å². The summed E-state index contributed by atoms with van der Waals surface area (Å²) in [6.45, 7) is 2.85. The van der Waals surface area contributed by atoms with Gasteiger partial charge in [-0.25, -0.2) is 4.98 Å². The number of halogens is 1. The highest BCUT2D eigenvalue weighted by Crippen LogP contribution is 2.24. The van der Waals surface area contributed by atoms with Gasteiger partial charge < -0.3 is 9.88 Å². The van der Waals surface area contributed by atoms with Gasteiger partial charge in [-0.2, -0.15) is 0 Å². The Morgan fingerprint density at radius 3 is 3.06 bits per heavy atom. The van der Waals surface area contributed by atoms with E-state index in [1.54, 1.807) is 0 Å². The number of rotatable bonds is 4. The van der Waals surface area contributed by atoms with Gasteiger partial charge in [0.2, 0.25) is 0 Å². The van der Waals surface area contributed by atoms with Gasteiger partial charge in [0, 0.05) is 18.8 Å². The summed E-state index contributed by atoms with van der Waals surface area (Å²) in [5.74, 6) is 0. The summed E-state index contributed by atoms with van der Waals surface area (Å²) >= 11 is 6.31. The van der Waals surface area contributed by atoms with E-state index in [0.29, 0.717) is 6.04 Å². The lowest BCUT2D eigenvalue weighted by atomic mass is 10.2. The molecular weight excluding hydrogens is 246 g/mol. The van der Waals surface area contributed by atoms with Gasteiger partial charge in [-0.3, -0.25) is 0 Å². The SMILES string of the molecule is Cc1cccc(-n2cnc(CNC3CC3)c2)c1Cl. The molecule has 0 radical (unpaired) electrons. The van der Waals surface area contributed by atoms with Gasteiger partial charge in [0.1, 0.15) is 0 Å². The van der Waals surface area contributed by atoms with E-state index in [2.05, 4.69) is 10.3 Å². The first-order chi connectivity index (χ1) is 8.74. The van der Waals surface area contributed by atoms with Crippen LogP contribution in [-0.4, -0.2) is 15.6 Å². The summed E-state index contributed by atoms with van der Waals surface area (Å²) in [6, 6.07) is 6.74. The fourth-order valence-electron chi connectivity index (χ4n) is 1.95. The van der Waals surface area contributed by atoms with Crippen LogP contribution in [0.4, 0.5) is 0 Å². The minimum atomic E-state index is 0.706. The second-order valence-corrected chi connectivity index (χ2v) is 5.21. The van der Waals surface area contributed by atoms with E-state index in [9.17, 15) is 0 Å². The van der Waals surface area contributed by atoms with E-state index in [-0.39, 0.29) is 0 Å². The van der Waals surface area contributed by atoms with Crippen LogP contribution >= 0.6 is 11.6 Å². The normalized spacial score (nSPS) is 15.0. The number of aromatic nitrogens is 2. The maximum atomic E-state index is 6.31. The molecule has 1 fully saturated rings. The Labute approximate surface area is 112 Å². The zero-order valence-electron chi connectivity index (χ0n) is 10.4. The van der Waals surface area contributed by atoms with Crippen molar-refractivity contribution in [1.29, 1.82) is 0 Å². The van der Waals surface area contributed by atoms with E-state index >= 15 is 0 Å². The summed E-state index contributed by atoms with van der Waals surface area (Å²) in [6.07, 6.45) is 6.45. The molecule has 1 N–H and O–H groups in total. The quantitative estimate of drug-likeness (QED) is 0.917. The van der Waals surface area contributed by atoms with Crippen LogP contribution in [0.25, 0.3) is 5.69 Å². The van der Waals surface area contributed by atoms with E-state index in [0.717, 1.165) is 28.5 Å². The Bertz CT molecular complexity index is 558. The molecule has 3 nitrogen and oxygen atoms in total. The van der Waals surface area contributed by atoms with Crippen LogP contribution in [0.5, 0.6) is 0 Å². The Balaban J connectivity index is 1.80. The lowest BCUT2D eigenvalue weighted by molar-refractivity contribution is 0.677. The second-order valence-electron chi connectivity index (χ2n) is 4.84. The van der Waals surface area contributed by atoms with Crippen LogP contribution in [0, 0.1) is 6.92 Å². The second kappa shape index (κ2) is 4.75. The molecule has 1 aliphatic rings. The Hall–Kier alpha value is -1.32. The maximum absolute atomic E-state index is 6.31. The molecule has 2 aromatic rings. The standard InChI is InChI=1S/C14H16ClN3/c1-10-3-2-4-13(14(10)15)18-8-12(17-9-18)7-16-11-5-6-11/h2-4,8-9,11,16H,5-7H2,1H3. The number of hydrogen-bond donors (Lipinski definition) is 1. The molecule has 0 aliphatic heterocycles. The lowest BCUT2D eigenvalue weighted by Crippen LogP contribution is -2.15. The van der Waals surface area contributed by atoms with Gasteiger partial charge in [-0.05, 0) is 31.4 Å². The summed E-state index contributed by atoms with van der Waals surface area (Å²) in [7, 11) is 0. The zero-order chi connectivity index (χ0) is 12.5. The molecule has 4 heteroatoms. The first-order valence-corrected chi connectivity index (χ1v) is 6.63. The molecule has 1 saturated carbocycles. The molecule has 18 heavy (non-hydrogen) atoms. The monoisotopic (exact) mass is 261 g/mol. The van der Waals surface area contributed by atoms with Crippen molar-refractivity contribution < 1.29 is 0 Å². The third-order valence-electron chi connectivity index (χ3n) is 3.23. The largest absolute Gasteiger partial charge is 0.308 e. The van der Waals surface area contributed by atoms with Crippen molar-refractivity contribution in [3.8, 4) is 5.69 Å². The number of hydrogen-bond acceptors (Lipinski definition) is 2. The summed E-state index contributed by atoms with van der Waals surface area (Å²) in [5, 5.41) is 4.24. The van der Waals surface area contributed by atoms with Crippen molar-refractivity contribution in [2.24, 2.45) is 0 Å². The summed E-state index contributed by atoms with van der Waals surface area (Å²) < 4.78 is 1.99. The highest BCUT2D eigenvalue weighted by Gasteiger charge is 2.20. The van der Waals surface area contributed by atoms with Crippen molar-refractivity contribution in [1.82, 2.24) is 14.9 Å². The number of nitrogens with one attached hydrogen (secondary N) is 1. The third-order valence-corrected chi connectivity index (χ3v) is 3.73. The molecule has 1 heterocycles. The zero-order valence-corrected chi connectivity index (χ0v) is 11.1. The van der Waals surface area contributed by atoms with E-state index in [1.807, 2.05) is 42.2 Å². The lowest BCUT2D eigenvalue weighted by Gasteiger charge is -2.06. The Kier molecular flexibility index (Phi) is 3.10. The molecule has 0 saturated heterocycles. The fraction of sp³-hybridized carbons (Fsp3) is 0.357. The molecule has 0 spiro atoms. The summed E-state index contributed by atoms with van der Waals surface area (Å²) in [5.41, 5.74) is 3.13. The van der Waals surface area contributed by atoms with Crippen LogP contribution in [0.1, 0.15) is 24.1 Å². The molecule has 0 atom stereocenters. The molecule has 1 aliphatic carbocycles. The predicted octanol–water partition coefficient (Wildman–Crippen LogP) is 3.09. The van der Waals surface area contributed by atoms with Crippen LogP contribution in [0.2, 0.25) is 5.02 Å². The minimum Gasteiger partial charge on any atom is -0.308 e. The number of aryl methyl sites for hydroxylation is 1. The van der Waals surface area contributed by atoms with Crippen molar-refractivity contribution in [3.63, 3.8) is 0 Å². The maximum Gasteiger partial charge on any atom is 0.0996 e. The molecule has 1 aromatic carbocycles. The first-order valence-electron chi connectivity index (χ1n) is 6.26. The highest BCUT2D eigenvalue weighted by atomic mass is 35.5. The van der Waals surface area contributed by atoms with Crippen molar-refractivity contribution in [2.45, 2.75) is 32.4 Å². The smallest absolute Gasteiger partial charge is 0.0996 e. The molecule has 94 valence electrons. The van der Waals surface area contributed by atoms with E-state index < -0.39 is 0 Å². The van der Waals surface area contributed by atoms with Crippen molar-refractivity contribution in [2.75, 3.05) is 0 Å². The highest BCUT2D eigenvalue weighted by molar-refractivity contribution is 6.33. The van der Waals surface area contributed by atoms with Crippen LogP contribution in [0.3, 0.4) is 0 Å². The summed E-state index contributed by atoms with van der Waals surface area (Å²) in [4.78, 5) is 4.40. The number of imidazole rings is 1. The minimum absolute atomic E-state index is 0.706. The van der Waals surface area contributed by atoms with Crippen molar-refractivity contribution in [3.05, 3.63) is 47.0 Å². The Morgan fingerprint density at radius 2 is 2.28 bits per heavy atom. The average molecular weight is 262 g/mol. The molecule has 3 rings (SSSR count). The van der Waals surface area contributed by atoms with Gasteiger partial charge in [0.05, 0.1) is 22.7 Å². The average Bonchev–Trinajstić information content (AvgIpc) is 3.08. The fourth-order valence-corrected chi connectivity index (χ4v) is 2.18. The van der Waals surface area contributed by atoms with E-state index in [1.165, 1.54) is 12.8 Å². The van der Waals surface area contributed by atoms with E-state index in [4.69, 9.17) is 11.6 Å². The molecule has 0 amide bonds. The van der Waals surface area contributed by atoms with Gasteiger partial charge >= 0.3 is 0 Å². The van der Waals surface area contributed by atoms with Crippen LogP contribution < -0.4 is 5.32 Å². The molecular formula is C14H16ClN3.